The van der Waals surface area contributed by atoms with E-state index in [2.05, 4.69) is 10.6 Å². The van der Waals surface area contributed by atoms with Gasteiger partial charge in [0.15, 0.2) is 5.09 Å². The fourth-order valence-corrected chi connectivity index (χ4v) is 1.84. The number of carbonyl (C=O) groups is 3. The van der Waals surface area contributed by atoms with Crippen LogP contribution < -0.4 is 10.6 Å². The third-order valence-corrected chi connectivity index (χ3v) is 2.79. The minimum absolute atomic E-state index is 0.0515. The summed E-state index contributed by atoms with van der Waals surface area (Å²) in [4.78, 5) is 33.5. The predicted molar refractivity (Wildman–Crippen MR) is 72.8 cm³/mol. The van der Waals surface area contributed by atoms with Gasteiger partial charge in [0.05, 0.1) is 5.75 Å². The lowest BCUT2D eigenvalue weighted by Gasteiger charge is -2.20. The Kier molecular flexibility index (Phi) is 5.20. The predicted octanol–water partition coefficient (Wildman–Crippen LogP) is 1.69. The summed E-state index contributed by atoms with van der Waals surface area (Å²) >= 11 is 1.00. The number of carbonyl (C=O) groups excluding carboxylic acids is 2. The van der Waals surface area contributed by atoms with E-state index in [4.69, 9.17) is 9.52 Å². The van der Waals surface area contributed by atoms with E-state index in [0.29, 0.717) is 5.09 Å². The van der Waals surface area contributed by atoms with E-state index in [-0.39, 0.29) is 11.5 Å². The highest BCUT2D eigenvalue weighted by molar-refractivity contribution is 7.99. The first kappa shape index (κ1) is 16.1. The molecule has 0 spiro atoms. The molecule has 1 heterocycles. The number of furan rings is 1. The summed E-state index contributed by atoms with van der Waals surface area (Å²) in [5.41, 5.74) is -0.436. The summed E-state index contributed by atoms with van der Waals surface area (Å²) < 4.78 is 4.96. The van der Waals surface area contributed by atoms with Crippen LogP contribution in [0, 0.1) is 0 Å². The third kappa shape index (κ3) is 5.79. The monoisotopic (exact) mass is 300 g/mol. The van der Waals surface area contributed by atoms with Crippen LogP contribution in [-0.2, 0) is 4.79 Å². The number of carboxylic acids is 1. The number of urea groups is 1. The van der Waals surface area contributed by atoms with Gasteiger partial charge in [0.1, 0.15) is 0 Å². The number of nitrogens with one attached hydrogen (secondary N) is 2. The van der Waals surface area contributed by atoms with E-state index in [1.807, 2.05) is 0 Å². The Balaban J connectivity index is 2.39. The van der Waals surface area contributed by atoms with Crippen molar-refractivity contribution < 1.29 is 23.9 Å². The summed E-state index contributed by atoms with van der Waals surface area (Å²) in [6.45, 7) is 5.38. The van der Waals surface area contributed by atoms with Crippen molar-refractivity contribution >= 4 is 29.7 Å². The third-order valence-electron chi connectivity index (χ3n) is 1.88. The van der Waals surface area contributed by atoms with Gasteiger partial charge in [-0.05, 0) is 32.9 Å². The van der Waals surface area contributed by atoms with Gasteiger partial charge < -0.3 is 14.8 Å². The van der Waals surface area contributed by atoms with Gasteiger partial charge in [-0.15, -0.1) is 0 Å². The molecule has 0 radical (unpaired) electrons. The van der Waals surface area contributed by atoms with E-state index >= 15 is 0 Å². The molecular formula is C12H16N2O5S. The van der Waals surface area contributed by atoms with Gasteiger partial charge in [-0.3, -0.25) is 10.1 Å². The highest BCUT2D eigenvalue weighted by Gasteiger charge is 2.16. The summed E-state index contributed by atoms with van der Waals surface area (Å²) in [6.07, 6.45) is 0. The van der Waals surface area contributed by atoms with Gasteiger partial charge >= 0.3 is 12.0 Å². The molecule has 20 heavy (non-hydrogen) atoms. The Morgan fingerprint density at radius 3 is 2.45 bits per heavy atom. The summed E-state index contributed by atoms with van der Waals surface area (Å²) in [6, 6.07) is 2.18. The summed E-state index contributed by atoms with van der Waals surface area (Å²) in [5.74, 6) is -1.92. The first-order valence-corrected chi connectivity index (χ1v) is 6.74. The van der Waals surface area contributed by atoms with Crippen molar-refractivity contribution in [2.45, 2.75) is 31.4 Å². The highest BCUT2D eigenvalue weighted by atomic mass is 32.2. The molecule has 0 saturated heterocycles. The van der Waals surface area contributed by atoms with Crippen LogP contribution >= 0.6 is 11.8 Å². The van der Waals surface area contributed by atoms with Gasteiger partial charge in [-0.2, -0.15) is 0 Å². The van der Waals surface area contributed by atoms with Crippen molar-refractivity contribution in [2.24, 2.45) is 0 Å². The van der Waals surface area contributed by atoms with Gasteiger partial charge in [0, 0.05) is 5.54 Å². The molecule has 0 aliphatic heterocycles. The molecule has 0 fully saturated rings. The van der Waals surface area contributed by atoms with E-state index in [9.17, 15) is 14.4 Å². The minimum Gasteiger partial charge on any atom is -0.475 e. The molecule has 0 aliphatic rings. The van der Waals surface area contributed by atoms with Crippen molar-refractivity contribution in [3.8, 4) is 0 Å². The zero-order chi connectivity index (χ0) is 15.3. The van der Waals surface area contributed by atoms with Crippen LogP contribution in [0.3, 0.4) is 0 Å². The molecule has 7 nitrogen and oxygen atoms in total. The number of imide groups is 1. The average Bonchev–Trinajstić information content (AvgIpc) is 2.72. The normalized spacial score (nSPS) is 10.9. The largest absolute Gasteiger partial charge is 0.475 e. The van der Waals surface area contributed by atoms with Crippen LogP contribution in [0.1, 0.15) is 31.3 Å². The Bertz CT molecular complexity index is 518. The lowest BCUT2D eigenvalue weighted by molar-refractivity contribution is -0.117. The van der Waals surface area contributed by atoms with Crippen LogP contribution in [0.5, 0.6) is 0 Å². The molecule has 110 valence electrons. The van der Waals surface area contributed by atoms with E-state index < -0.39 is 23.4 Å². The fraction of sp³-hybridized carbons (Fsp3) is 0.417. The van der Waals surface area contributed by atoms with Gasteiger partial charge in [0.25, 0.3) is 0 Å². The Hall–Kier alpha value is -1.96. The number of hydrogen-bond acceptors (Lipinski definition) is 5. The Morgan fingerprint density at radius 1 is 1.30 bits per heavy atom. The van der Waals surface area contributed by atoms with Gasteiger partial charge in [-0.1, -0.05) is 11.8 Å². The molecule has 3 N–H and O–H groups in total. The van der Waals surface area contributed by atoms with Crippen molar-refractivity contribution in [2.75, 3.05) is 5.75 Å². The second kappa shape index (κ2) is 6.47. The van der Waals surface area contributed by atoms with Crippen LogP contribution in [0.25, 0.3) is 0 Å². The van der Waals surface area contributed by atoms with E-state index in [1.54, 1.807) is 20.8 Å². The number of amides is 3. The molecule has 0 saturated carbocycles. The van der Waals surface area contributed by atoms with E-state index in [1.165, 1.54) is 12.1 Å². The average molecular weight is 300 g/mol. The number of thioether (sulfide) groups is 1. The molecule has 0 unspecified atom stereocenters. The summed E-state index contributed by atoms with van der Waals surface area (Å²) in [7, 11) is 0. The summed E-state index contributed by atoms with van der Waals surface area (Å²) in [5, 5.41) is 13.7. The smallest absolute Gasteiger partial charge is 0.371 e. The molecule has 1 rings (SSSR count). The fourth-order valence-electron chi connectivity index (χ4n) is 1.18. The Labute approximate surface area is 120 Å². The zero-order valence-electron chi connectivity index (χ0n) is 11.4. The quantitative estimate of drug-likeness (QED) is 0.730. The molecular weight excluding hydrogens is 284 g/mol. The van der Waals surface area contributed by atoms with Crippen LogP contribution in [0.15, 0.2) is 21.6 Å². The first-order valence-electron chi connectivity index (χ1n) is 5.75. The standard InChI is InChI=1S/C12H16N2O5S/c1-12(2,3)14-11(18)13-8(15)6-20-9-5-4-7(19-9)10(16)17/h4-5H,6H2,1-3H3,(H,16,17)(H2,13,14,15,18). The molecule has 0 atom stereocenters. The maximum atomic E-state index is 11.5. The van der Waals surface area contributed by atoms with Crippen LogP contribution in [0.2, 0.25) is 0 Å². The second-order valence-corrected chi connectivity index (χ2v) is 5.94. The van der Waals surface area contributed by atoms with Crippen molar-refractivity contribution in [1.82, 2.24) is 10.6 Å². The van der Waals surface area contributed by atoms with Crippen LogP contribution in [-0.4, -0.2) is 34.3 Å². The molecule has 1 aromatic rings. The van der Waals surface area contributed by atoms with Crippen molar-refractivity contribution in [3.63, 3.8) is 0 Å². The molecule has 1 aromatic heterocycles. The molecule has 0 aromatic carbocycles. The SMILES string of the molecule is CC(C)(C)NC(=O)NC(=O)CSc1ccc(C(=O)O)o1. The second-order valence-electron chi connectivity index (χ2n) is 4.96. The number of aromatic carboxylic acids is 1. The van der Waals surface area contributed by atoms with Crippen molar-refractivity contribution in [3.05, 3.63) is 17.9 Å². The number of rotatable bonds is 4. The zero-order valence-corrected chi connectivity index (χ0v) is 12.2. The highest BCUT2D eigenvalue weighted by Crippen LogP contribution is 2.20. The number of hydrogen-bond donors (Lipinski definition) is 3. The van der Waals surface area contributed by atoms with Gasteiger partial charge in [-0.25, -0.2) is 9.59 Å². The Morgan fingerprint density at radius 2 is 1.95 bits per heavy atom. The minimum atomic E-state index is -1.18. The lowest BCUT2D eigenvalue weighted by atomic mass is 10.1. The first-order chi connectivity index (χ1) is 9.17. The maximum absolute atomic E-state index is 11.5. The lowest BCUT2D eigenvalue weighted by Crippen LogP contribution is -2.48. The van der Waals surface area contributed by atoms with Crippen molar-refractivity contribution in [1.29, 1.82) is 0 Å². The molecule has 0 aliphatic carbocycles. The molecule has 8 heteroatoms. The number of carboxylic acid groups (broad SMARTS) is 1. The maximum Gasteiger partial charge on any atom is 0.371 e. The van der Waals surface area contributed by atoms with Crippen LogP contribution in [0.4, 0.5) is 4.79 Å². The van der Waals surface area contributed by atoms with E-state index in [0.717, 1.165) is 11.8 Å². The molecule has 0 bridgehead atoms. The topological polar surface area (TPSA) is 109 Å². The van der Waals surface area contributed by atoms with Gasteiger partial charge in [0.2, 0.25) is 11.7 Å². The molecule has 3 amide bonds.